The summed E-state index contributed by atoms with van der Waals surface area (Å²) >= 11 is 1.76. The zero-order valence-corrected chi connectivity index (χ0v) is 26.0. The van der Waals surface area contributed by atoms with Gasteiger partial charge in [-0.3, -0.25) is 4.90 Å². The topological polar surface area (TPSA) is 109 Å². The molecule has 0 unspecified atom stereocenters. The number of carbonyl (C=O) groups excluding carboxylic acids is 1. The van der Waals surface area contributed by atoms with Crippen LogP contribution in [-0.2, 0) is 24.5 Å². The molecule has 1 amide bonds. The van der Waals surface area contributed by atoms with Gasteiger partial charge in [-0.15, -0.1) is 11.8 Å². The number of thioether (sulfide) groups is 1. The Hall–Kier alpha value is -3.64. The van der Waals surface area contributed by atoms with Gasteiger partial charge in [-0.05, 0) is 23.1 Å². The summed E-state index contributed by atoms with van der Waals surface area (Å²) in [5.41, 5.74) is 3.68. The first-order chi connectivity index (χ1) is 20.8. The molecule has 3 aromatic rings. The molecule has 0 radical (unpaired) electrons. The number of hydrogen-bond acceptors (Lipinski definition) is 7. The van der Waals surface area contributed by atoms with Crippen LogP contribution in [0.25, 0.3) is 0 Å². The molecule has 2 N–H and O–H groups in total. The molecule has 1 heterocycles. The van der Waals surface area contributed by atoms with E-state index in [4.69, 9.17) is 9.57 Å². The first-order valence-corrected chi connectivity index (χ1v) is 16.4. The number of hydrogen-bond donors (Lipinski definition) is 2. The van der Waals surface area contributed by atoms with Crippen molar-refractivity contribution in [2.75, 3.05) is 33.4 Å². The van der Waals surface area contributed by atoms with E-state index in [0.29, 0.717) is 18.7 Å². The Morgan fingerprint density at radius 2 is 1.53 bits per heavy atom. The Morgan fingerprint density at radius 1 is 1.00 bits per heavy atom. The predicted molar refractivity (Wildman–Crippen MR) is 172 cm³/mol. The fraction of sp³-hybridized carbons (Fsp3) is 0.312. The summed E-state index contributed by atoms with van der Waals surface area (Å²) in [6, 6.07) is 30.4. The van der Waals surface area contributed by atoms with Crippen molar-refractivity contribution in [2.24, 2.45) is 5.16 Å². The molecule has 4 rings (SSSR count). The van der Waals surface area contributed by atoms with Crippen molar-refractivity contribution in [3.05, 3.63) is 120 Å². The fourth-order valence-electron chi connectivity index (χ4n) is 5.32. The van der Waals surface area contributed by atoms with Crippen LogP contribution in [0.5, 0.6) is 0 Å². The second-order valence-electron chi connectivity index (χ2n) is 9.88. The summed E-state index contributed by atoms with van der Waals surface area (Å²) in [6.07, 6.45) is 1.47. The van der Waals surface area contributed by atoms with Gasteiger partial charge in [0.25, 0.3) is 10.2 Å². The van der Waals surface area contributed by atoms with Crippen molar-refractivity contribution in [1.82, 2.24) is 14.3 Å². The van der Waals surface area contributed by atoms with Gasteiger partial charge in [0, 0.05) is 18.3 Å². The van der Waals surface area contributed by atoms with E-state index in [1.54, 1.807) is 23.6 Å². The summed E-state index contributed by atoms with van der Waals surface area (Å²) in [4.78, 5) is 20.1. The Bertz CT molecular complexity index is 1370. The van der Waals surface area contributed by atoms with E-state index in [0.717, 1.165) is 16.7 Å². The number of nitrogens with one attached hydrogen (secondary N) is 2. The van der Waals surface area contributed by atoms with Crippen molar-refractivity contribution >= 4 is 33.8 Å². The average Bonchev–Trinajstić information content (AvgIpc) is 3.45. The third kappa shape index (κ3) is 7.85. The van der Waals surface area contributed by atoms with Gasteiger partial charge in [-0.25, -0.2) is 9.52 Å². The molecular weight excluding hydrogens is 585 g/mol. The normalized spacial score (nSPS) is 17.4. The lowest BCUT2D eigenvalue weighted by Crippen LogP contribution is -2.47. The molecule has 9 nitrogen and oxygen atoms in total. The van der Waals surface area contributed by atoms with Gasteiger partial charge in [0.05, 0.1) is 23.0 Å². The van der Waals surface area contributed by atoms with Crippen LogP contribution in [-0.4, -0.2) is 69.8 Å². The minimum atomic E-state index is -3.77. The summed E-state index contributed by atoms with van der Waals surface area (Å²) < 4.78 is 34.6. The van der Waals surface area contributed by atoms with Crippen LogP contribution < -0.4 is 9.44 Å². The molecule has 0 aliphatic carbocycles. The highest BCUT2D eigenvalue weighted by molar-refractivity contribution is 8.01. The lowest BCUT2D eigenvalue weighted by molar-refractivity contribution is 0.115. The Balaban J connectivity index is 1.77. The van der Waals surface area contributed by atoms with Crippen LogP contribution in [0.1, 0.15) is 30.0 Å². The van der Waals surface area contributed by atoms with Crippen LogP contribution in [0, 0.1) is 0 Å². The van der Waals surface area contributed by atoms with Crippen LogP contribution in [0.4, 0.5) is 4.79 Å². The Labute approximate surface area is 258 Å². The number of likely N-dealkylation sites (tertiary alicyclic amines) is 1. The third-order valence-corrected chi connectivity index (χ3v) is 10.0. The van der Waals surface area contributed by atoms with Gasteiger partial charge in [0.2, 0.25) is 0 Å². The van der Waals surface area contributed by atoms with Crippen LogP contribution in [0.3, 0.4) is 0 Å². The molecule has 11 heteroatoms. The lowest BCUT2D eigenvalue weighted by Gasteiger charge is -2.37. The van der Waals surface area contributed by atoms with E-state index in [1.807, 2.05) is 54.6 Å². The van der Waals surface area contributed by atoms with E-state index < -0.39 is 27.1 Å². The summed E-state index contributed by atoms with van der Waals surface area (Å²) in [6.45, 7) is 5.83. The third-order valence-electron chi connectivity index (χ3n) is 7.08. The molecule has 0 saturated carbocycles. The molecule has 228 valence electrons. The standard InChI is InChI=1S/C32H38N4O5S2/c1-4-21-41-31(37)36-24-28(22-30(36)29(35-40-3)23-34-43(38,39)33-5-2)42-32(25-15-9-6-10-16-25,26-17-11-7-12-18-26)27-19-13-8-14-20-27/h4,6-20,28,30,33-34H,1,5,21-24H2,2-3H3/b35-29+/t28-,30-/m0/s1. The Morgan fingerprint density at radius 3 is 2.00 bits per heavy atom. The van der Waals surface area contributed by atoms with Crippen molar-refractivity contribution in [2.45, 2.75) is 29.4 Å². The van der Waals surface area contributed by atoms with Crippen molar-refractivity contribution in [3.8, 4) is 0 Å². The van der Waals surface area contributed by atoms with Gasteiger partial charge in [0.15, 0.2) is 0 Å². The van der Waals surface area contributed by atoms with Crippen LogP contribution in [0.2, 0.25) is 0 Å². The molecular formula is C32H38N4O5S2. The SMILES string of the molecule is C=CCOC(=O)N1C[C@@H](SC(c2ccccc2)(c2ccccc2)c2ccccc2)C[C@H]1/C(CNS(=O)(=O)NCC)=N/OC. The number of nitrogens with zero attached hydrogens (tertiary/aromatic N) is 2. The fourth-order valence-corrected chi connectivity index (χ4v) is 7.97. The number of carbonyl (C=O) groups is 1. The van der Waals surface area contributed by atoms with Gasteiger partial charge in [-0.2, -0.15) is 13.1 Å². The molecule has 3 aromatic carbocycles. The second-order valence-corrected chi connectivity index (χ2v) is 13.0. The van der Waals surface area contributed by atoms with Gasteiger partial charge >= 0.3 is 6.09 Å². The second kappa shape index (κ2) is 15.2. The first kappa shape index (κ1) is 32.3. The Kier molecular flexibility index (Phi) is 11.4. The van der Waals surface area contributed by atoms with E-state index in [1.165, 1.54) is 13.2 Å². The zero-order chi connectivity index (χ0) is 30.7. The van der Waals surface area contributed by atoms with E-state index in [2.05, 4.69) is 57.6 Å². The molecule has 1 aliphatic heterocycles. The summed E-state index contributed by atoms with van der Waals surface area (Å²) in [5, 5.41) is 4.08. The lowest BCUT2D eigenvalue weighted by atomic mass is 9.84. The maximum absolute atomic E-state index is 13.3. The van der Waals surface area contributed by atoms with Gasteiger partial charge in [-0.1, -0.05) is 116 Å². The molecule has 1 saturated heterocycles. The number of amides is 1. The van der Waals surface area contributed by atoms with Crippen molar-refractivity contribution in [3.63, 3.8) is 0 Å². The highest BCUT2D eigenvalue weighted by Crippen LogP contribution is 2.52. The molecule has 0 spiro atoms. The van der Waals surface area contributed by atoms with Crippen LogP contribution in [0.15, 0.2) is 109 Å². The van der Waals surface area contributed by atoms with Crippen molar-refractivity contribution < 1.29 is 22.8 Å². The number of rotatable bonds is 14. The number of oxime groups is 1. The van der Waals surface area contributed by atoms with E-state index in [-0.39, 0.29) is 24.9 Å². The zero-order valence-electron chi connectivity index (χ0n) is 24.4. The molecule has 1 fully saturated rings. The van der Waals surface area contributed by atoms with Crippen molar-refractivity contribution in [1.29, 1.82) is 0 Å². The van der Waals surface area contributed by atoms with Gasteiger partial charge in [0.1, 0.15) is 13.7 Å². The molecule has 43 heavy (non-hydrogen) atoms. The highest BCUT2D eigenvalue weighted by Gasteiger charge is 2.46. The quantitative estimate of drug-likeness (QED) is 0.114. The summed E-state index contributed by atoms with van der Waals surface area (Å²) in [5.74, 6) is 0. The molecule has 0 aromatic heterocycles. The minimum absolute atomic E-state index is 0.0473. The minimum Gasteiger partial charge on any atom is -0.445 e. The average molecular weight is 623 g/mol. The van der Waals surface area contributed by atoms with E-state index >= 15 is 0 Å². The van der Waals surface area contributed by atoms with Crippen LogP contribution >= 0.6 is 11.8 Å². The molecule has 0 bridgehead atoms. The van der Waals surface area contributed by atoms with E-state index in [9.17, 15) is 13.2 Å². The van der Waals surface area contributed by atoms with Gasteiger partial charge < -0.3 is 9.57 Å². The predicted octanol–water partition coefficient (Wildman–Crippen LogP) is 4.92. The number of benzene rings is 3. The maximum Gasteiger partial charge on any atom is 0.410 e. The first-order valence-electron chi connectivity index (χ1n) is 14.1. The molecule has 1 aliphatic rings. The maximum atomic E-state index is 13.3. The number of ether oxygens (including phenoxy) is 1. The molecule has 2 atom stereocenters. The monoisotopic (exact) mass is 622 g/mol. The largest absolute Gasteiger partial charge is 0.445 e. The highest BCUT2D eigenvalue weighted by atomic mass is 32.2. The summed E-state index contributed by atoms with van der Waals surface area (Å²) in [7, 11) is -2.37. The smallest absolute Gasteiger partial charge is 0.410 e.